The minimum Gasteiger partial charge on any atom is -0.481 e. The second-order valence-electron chi connectivity index (χ2n) is 5.72. The van der Waals surface area contributed by atoms with Crippen LogP contribution in [0.5, 0.6) is 0 Å². The Balaban J connectivity index is 2.24. The molecule has 1 aromatic rings. The number of carbonyl (C=O) groups is 2. The van der Waals surface area contributed by atoms with Gasteiger partial charge in [-0.3, -0.25) is 9.59 Å². The molecule has 0 heterocycles. The molecule has 2 rings (SSSR count). The number of halogens is 1. The molecule has 114 valence electrons. The smallest absolute Gasteiger partial charge is 0.311 e. The molecule has 2 unspecified atom stereocenters. The lowest BCUT2D eigenvalue weighted by Gasteiger charge is -2.39. The van der Waals surface area contributed by atoms with Crippen LogP contribution in [0.1, 0.15) is 43.0 Å². The van der Waals surface area contributed by atoms with Crippen molar-refractivity contribution >= 4 is 29.2 Å². The summed E-state index contributed by atoms with van der Waals surface area (Å²) in [5, 5.41) is 13.1. The molecule has 0 aliphatic heterocycles. The number of carboxylic acids is 1. The number of benzene rings is 1. The number of primary amides is 1. The Morgan fingerprint density at radius 3 is 2.71 bits per heavy atom. The highest BCUT2D eigenvalue weighted by molar-refractivity contribution is 6.33. The molecule has 0 bridgehead atoms. The van der Waals surface area contributed by atoms with Crippen LogP contribution in [0.15, 0.2) is 18.2 Å². The molecule has 1 aliphatic carbocycles. The van der Waals surface area contributed by atoms with Crippen LogP contribution in [0.3, 0.4) is 0 Å². The van der Waals surface area contributed by atoms with Crippen LogP contribution in [-0.2, 0) is 4.79 Å². The number of amides is 1. The van der Waals surface area contributed by atoms with E-state index < -0.39 is 17.3 Å². The highest BCUT2D eigenvalue weighted by atomic mass is 35.5. The molecule has 1 fully saturated rings. The van der Waals surface area contributed by atoms with E-state index in [1.165, 1.54) is 6.07 Å². The Bertz CT molecular complexity index is 576. The Labute approximate surface area is 128 Å². The molecular weight excluding hydrogens is 292 g/mol. The van der Waals surface area contributed by atoms with Gasteiger partial charge in [-0.05, 0) is 38.0 Å². The van der Waals surface area contributed by atoms with Crippen LogP contribution >= 0.6 is 11.6 Å². The number of nitrogens with one attached hydrogen (secondary N) is 1. The standard InChI is InChI=1S/C15H19ClN2O3/c1-15(14(20)21)7-3-2-4-12(15)18-11-6-5-9(13(17)19)8-10(11)16/h5-6,8,12,18H,2-4,7H2,1H3,(H2,17,19)(H,20,21). The number of nitrogens with two attached hydrogens (primary N) is 1. The Morgan fingerprint density at radius 1 is 1.43 bits per heavy atom. The summed E-state index contributed by atoms with van der Waals surface area (Å²) in [4.78, 5) is 22.7. The normalized spacial score (nSPS) is 25.3. The summed E-state index contributed by atoms with van der Waals surface area (Å²) in [5.74, 6) is -1.35. The number of carbonyl (C=O) groups excluding carboxylic acids is 1. The Morgan fingerprint density at radius 2 is 2.14 bits per heavy atom. The molecule has 1 amide bonds. The van der Waals surface area contributed by atoms with Crippen LogP contribution in [0.4, 0.5) is 5.69 Å². The van der Waals surface area contributed by atoms with Gasteiger partial charge in [0.2, 0.25) is 5.91 Å². The highest BCUT2D eigenvalue weighted by Crippen LogP contribution is 2.39. The average Bonchev–Trinajstić information content (AvgIpc) is 2.43. The van der Waals surface area contributed by atoms with E-state index >= 15 is 0 Å². The van der Waals surface area contributed by atoms with Crippen molar-refractivity contribution in [3.8, 4) is 0 Å². The maximum absolute atomic E-state index is 11.6. The molecule has 21 heavy (non-hydrogen) atoms. The minimum absolute atomic E-state index is 0.194. The molecule has 1 aliphatic rings. The van der Waals surface area contributed by atoms with Crippen LogP contribution in [0.25, 0.3) is 0 Å². The van der Waals surface area contributed by atoms with Crippen LogP contribution in [0.2, 0.25) is 5.02 Å². The van der Waals surface area contributed by atoms with Gasteiger partial charge in [-0.25, -0.2) is 0 Å². The second kappa shape index (κ2) is 5.93. The van der Waals surface area contributed by atoms with Crippen molar-refractivity contribution in [3.05, 3.63) is 28.8 Å². The van der Waals surface area contributed by atoms with Gasteiger partial charge < -0.3 is 16.2 Å². The number of carboxylic acid groups (broad SMARTS) is 1. The molecule has 6 heteroatoms. The first kappa shape index (κ1) is 15.6. The number of aliphatic carboxylic acids is 1. The van der Waals surface area contributed by atoms with E-state index in [2.05, 4.69) is 5.32 Å². The number of anilines is 1. The third-order valence-electron chi connectivity index (χ3n) is 4.28. The predicted octanol–water partition coefficient (Wildman–Crippen LogP) is 2.88. The summed E-state index contributed by atoms with van der Waals surface area (Å²) < 4.78 is 0. The van der Waals surface area contributed by atoms with Gasteiger partial charge in [0.1, 0.15) is 0 Å². The highest BCUT2D eigenvalue weighted by Gasteiger charge is 2.43. The summed E-state index contributed by atoms with van der Waals surface area (Å²) in [6, 6.07) is 4.55. The first-order chi connectivity index (χ1) is 9.84. The minimum atomic E-state index is -0.816. The fourth-order valence-corrected chi connectivity index (χ4v) is 3.03. The average molecular weight is 311 g/mol. The van der Waals surface area contributed by atoms with Gasteiger partial charge in [0.25, 0.3) is 0 Å². The van der Waals surface area contributed by atoms with Crippen LogP contribution < -0.4 is 11.1 Å². The molecule has 1 saturated carbocycles. The topological polar surface area (TPSA) is 92.4 Å². The van der Waals surface area contributed by atoms with Crippen molar-refractivity contribution in [3.63, 3.8) is 0 Å². The van der Waals surface area contributed by atoms with Crippen molar-refractivity contribution in [1.82, 2.24) is 0 Å². The van der Waals surface area contributed by atoms with E-state index in [0.717, 1.165) is 19.3 Å². The van der Waals surface area contributed by atoms with Gasteiger partial charge >= 0.3 is 5.97 Å². The molecule has 0 saturated heterocycles. The van der Waals surface area contributed by atoms with Crippen LogP contribution in [0, 0.1) is 5.41 Å². The third kappa shape index (κ3) is 3.13. The predicted molar refractivity (Wildman–Crippen MR) is 81.6 cm³/mol. The van der Waals surface area contributed by atoms with Crippen molar-refractivity contribution in [1.29, 1.82) is 0 Å². The maximum Gasteiger partial charge on any atom is 0.311 e. The van der Waals surface area contributed by atoms with Gasteiger partial charge in [-0.15, -0.1) is 0 Å². The fourth-order valence-electron chi connectivity index (χ4n) is 2.79. The largest absolute Gasteiger partial charge is 0.481 e. The Hall–Kier alpha value is -1.75. The first-order valence-electron chi connectivity index (χ1n) is 6.94. The summed E-state index contributed by atoms with van der Waals surface area (Å²) in [7, 11) is 0. The molecule has 1 aromatic carbocycles. The molecule has 0 aromatic heterocycles. The van der Waals surface area contributed by atoms with E-state index in [0.29, 0.717) is 22.7 Å². The van der Waals surface area contributed by atoms with E-state index in [1.54, 1.807) is 19.1 Å². The summed E-state index contributed by atoms with van der Waals surface area (Å²) in [6.45, 7) is 1.76. The van der Waals surface area contributed by atoms with Gasteiger partial charge in [0.15, 0.2) is 0 Å². The molecule has 0 spiro atoms. The molecule has 4 N–H and O–H groups in total. The molecule has 0 radical (unpaired) electrons. The van der Waals surface area contributed by atoms with E-state index in [9.17, 15) is 14.7 Å². The monoisotopic (exact) mass is 310 g/mol. The summed E-state index contributed by atoms with van der Waals surface area (Å²) >= 11 is 6.15. The van der Waals surface area contributed by atoms with E-state index in [1.807, 2.05) is 0 Å². The zero-order valence-electron chi connectivity index (χ0n) is 11.9. The zero-order chi connectivity index (χ0) is 15.6. The lowest BCUT2D eigenvalue weighted by Crippen LogP contribution is -2.46. The molecule has 5 nitrogen and oxygen atoms in total. The van der Waals surface area contributed by atoms with Gasteiger partial charge in [0.05, 0.1) is 16.1 Å². The third-order valence-corrected chi connectivity index (χ3v) is 4.59. The van der Waals surface area contributed by atoms with E-state index in [-0.39, 0.29) is 6.04 Å². The first-order valence-corrected chi connectivity index (χ1v) is 7.31. The van der Waals surface area contributed by atoms with Gasteiger partial charge in [-0.2, -0.15) is 0 Å². The summed E-state index contributed by atoms with van der Waals surface area (Å²) in [6.07, 6.45) is 3.31. The number of rotatable bonds is 4. The maximum atomic E-state index is 11.6. The van der Waals surface area contributed by atoms with Gasteiger partial charge in [-0.1, -0.05) is 24.4 Å². The SMILES string of the molecule is CC1(C(=O)O)CCCCC1Nc1ccc(C(N)=O)cc1Cl. The van der Waals surface area contributed by atoms with E-state index in [4.69, 9.17) is 17.3 Å². The van der Waals surface area contributed by atoms with Crippen molar-refractivity contribution in [2.24, 2.45) is 11.1 Å². The molecular formula is C15H19ClN2O3. The van der Waals surface area contributed by atoms with Crippen molar-refractivity contribution < 1.29 is 14.7 Å². The van der Waals surface area contributed by atoms with Gasteiger partial charge in [0, 0.05) is 11.6 Å². The number of hydrogen-bond donors (Lipinski definition) is 3. The lowest BCUT2D eigenvalue weighted by atomic mass is 9.71. The molecule has 2 atom stereocenters. The lowest BCUT2D eigenvalue weighted by molar-refractivity contribution is -0.150. The Kier molecular flexibility index (Phi) is 4.42. The van der Waals surface area contributed by atoms with Crippen molar-refractivity contribution in [2.75, 3.05) is 5.32 Å². The quantitative estimate of drug-likeness (QED) is 0.797. The van der Waals surface area contributed by atoms with Crippen LogP contribution in [-0.4, -0.2) is 23.0 Å². The fraction of sp³-hybridized carbons (Fsp3) is 0.467. The summed E-state index contributed by atoms with van der Waals surface area (Å²) in [5.41, 5.74) is 5.34. The van der Waals surface area contributed by atoms with Crippen molar-refractivity contribution in [2.45, 2.75) is 38.6 Å². The second-order valence-corrected chi connectivity index (χ2v) is 6.13. The number of hydrogen-bond acceptors (Lipinski definition) is 3. The zero-order valence-corrected chi connectivity index (χ0v) is 12.6.